The summed E-state index contributed by atoms with van der Waals surface area (Å²) in [5.74, 6) is -0.165. The van der Waals surface area contributed by atoms with Crippen molar-refractivity contribution >= 4 is 28.6 Å². The molecule has 6 heteroatoms. The molecule has 2 aromatic carbocycles. The number of cyclic esters (lactones) is 1. The number of aryl methyl sites for hydroxylation is 1. The van der Waals surface area contributed by atoms with Crippen molar-refractivity contribution in [2.45, 2.75) is 19.9 Å². The highest BCUT2D eigenvalue weighted by Gasteiger charge is 2.24. The molecule has 2 N–H and O–H groups in total. The largest absolute Gasteiger partial charge is 0.447 e. The molecule has 0 aliphatic carbocycles. The van der Waals surface area contributed by atoms with Gasteiger partial charge in [-0.2, -0.15) is 0 Å². The molecule has 27 heavy (non-hydrogen) atoms. The summed E-state index contributed by atoms with van der Waals surface area (Å²) >= 11 is 0. The summed E-state index contributed by atoms with van der Waals surface area (Å²) in [6.07, 6.45) is -0.336. The number of carbonyl (C=O) groups is 2. The zero-order chi connectivity index (χ0) is 19.0. The number of H-pyrrole nitrogens is 1. The minimum absolute atomic E-state index is 0.165. The van der Waals surface area contributed by atoms with Crippen LogP contribution in [0.4, 0.5) is 10.5 Å². The summed E-state index contributed by atoms with van der Waals surface area (Å²) < 4.78 is 4.99. The van der Waals surface area contributed by atoms with Gasteiger partial charge in [-0.1, -0.05) is 23.8 Å². The number of carbonyl (C=O) groups excluding carboxylic acids is 2. The van der Waals surface area contributed by atoms with Gasteiger partial charge in [-0.3, -0.25) is 9.69 Å². The number of hydrogen-bond donors (Lipinski definition) is 2. The number of rotatable bonds is 4. The van der Waals surface area contributed by atoms with Gasteiger partial charge in [0.05, 0.1) is 12.6 Å². The van der Waals surface area contributed by atoms with E-state index in [2.05, 4.69) is 10.3 Å². The minimum atomic E-state index is -0.336. The van der Waals surface area contributed by atoms with Gasteiger partial charge in [-0.15, -0.1) is 0 Å². The Morgan fingerprint density at radius 3 is 2.85 bits per heavy atom. The van der Waals surface area contributed by atoms with E-state index in [-0.39, 0.29) is 18.0 Å². The van der Waals surface area contributed by atoms with Crippen molar-refractivity contribution in [3.63, 3.8) is 0 Å². The number of aromatic nitrogens is 1. The molecule has 3 aromatic rings. The second-order valence-electron chi connectivity index (χ2n) is 6.83. The number of benzene rings is 2. The maximum Gasteiger partial charge on any atom is 0.414 e. The first kappa shape index (κ1) is 17.1. The van der Waals surface area contributed by atoms with Crippen molar-refractivity contribution < 1.29 is 14.3 Å². The van der Waals surface area contributed by atoms with Crippen molar-refractivity contribution in [2.75, 3.05) is 18.1 Å². The number of amides is 2. The van der Waals surface area contributed by atoms with Crippen LogP contribution in [-0.2, 0) is 4.74 Å². The fourth-order valence-corrected chi connectivity index (χ4v) is 3.32. The topological polar surface area (TPSA) is 74.4 Å². The molecule has 0 saturated carbocycles. The summed E-state index contributed by atoms with van der Waals surface area (Å²) in [6.45, 7) is 4.89. The van der Waals surface area contributed by atoms with Gasteiger partial charge in [-0.05, 0) is 49.7 Å². The zero-order valence-corrected chi connectivity index (χ0v) is 15.3. The van der Waals surface area contributed by atoms with Crippen LogP contribution in [0.3, 0.4) is 0 Å². The van der Waals surface area contributed by atoms with E-state index in [0.717, 1.165) is 27.7 Å². The van der Waals surface area contributed by atoms with E-state index >= 15 is 0 Å². The van der Waals surface area contributed by atoms with E-state index in [1.54, 1.807) is 4.90 Å². The average Bonchev–Trinajstić information content (AvgIpc) is 3.27. The number of ether oxygens (including phenoxy) is 1. The Balaban J connectivity index is 1.51. The predicted molar refractivity (Wildman–Crippen MR) is 104 cm³/mol. The summed E-state index contributed by atoms with van der Waals surface area (Å²) in [5.41, 5.74) is 4.32. The number of nitrogens with one attached hydrogen (secondary N) is 2. The molecule has 2 amide bonds. The van der Waals surface area contributed by atoms with Gasteiger partial charge in [0.1, 0.15) is 12.3 Å². The quantitative estimate of drug-likeness (QED) is 0.738. The maximum atomic E-state index is 12.6. The Morgan fingerprint density at radius 2 is 2.07 bits per heavy atom. The van der Waals surface area contributed by atoms with Crippen molar-refractivity contribution in [3.8, 4) is 0 Å². The van der Waals surface area contributed by atoms with Crippen LogP contribution in [-0.4, -0.2) is 30.1 Å². The van der Waals surface area contributed by atoms with Gasteiger partial charge < -0.3 is 15.0 Å². The van der Waals surface area contributed by atoms with Crippen molar-refractivity contribution in [3.05, 3.63) is 65.4 Å². The van der Waals surface area contributed by atoms with E-state index < -0.39 is 0 Å². The van der Waals surface area contributed by atoms with Crippen LogP contribution in [0.2, 0.25) is 0 Å². The number of nitrogens with zero attached hydrogens (tertiary/aromatic N) is 1. The van der Waals surface area contributed by atoms with Crippen molar-refractivity contribution in [1.82, 2.24) is 10.3 Å². The van der Waals surface area contributed by atoms with Crippen LogP contribution in [0.25, 0.3) is 10.9 Å². The second kappa shape index (κ2) is 6.79. The summed E-state index contributed by atoms with van der Waals surface area (Å²) in [5, 5.41) is 4.03. The molecular formula is C21H21N3O3. The first-order valence-corrected chi connectivity index (χ1v) is 8.96. The minimum Gasteiger partial charge on any atom is -0.447 e. The molecule has 1 aromatic heterocycles. The SMILES string of the molecule is Cc1ccc2[nH]c(C(=O)NC(C)c3cccc(N4CCOC4=O)c3)cc2c1. The molecule has 1 fully saturated rings. The molecule has 1 aliphatic heterocycles. The van der Waals surface area contributed by atoms with E-state index in [0.29, 0.717) is 18.8 Å². The second-order valence-corrected chi connectivity index (χ2v) is 6.83. The normalized spacial score (nSPS) is 15.0. The number of aromatic amines is 1. The predicted octanol–water partition coefficient (Wildman–Crippen LogP) is 3.92. The lowest BCUT2D eigenvalue weighted by Crippen LogP contribution is -2.27. The van der Waals surface area contributed by atoms with Crippen molar-refractivity contribution in [2.24, 2.45) is 0 Å². The third-order valence-electron chi connectivity index (χ3n) is 4.81. The highest BCUT2D eigenvalue weighted by Crippen LogP contribution is 2.24. The first-order valence-electron chi connectivity index (χ1n) is 8.96. The maximum absolute atomic E-state index is 12.6. The molecule has 2 heterocycles. The molecule has 6 nitrogen and oxygen atoms in total. The number of anilines is 1. The zero-order valence-electron chi connectivity index (χ0n) is 15.3. The molecule has 1 aliphatic rings. The average molecular weight is 363 g/mol. The van der Waals surface area contributed by atoms with Crippen LogP contribution < -0.4 is 10.2 Å². The van der Waals surface area contributed by atoms with Gasteiger partial charge in [0.15, 0.2) is 0 Å². The Kier molecular flexibility index (Phi) is 4.32. The van der Waals surface area contributed by atoms with Gasteiger partial charge in [0.2, 0.25) is 0 Å². The standard InChI is InChI=1S/C21H21N3O3/c1-13-6-7-18-16(10-13)12-19(23-18)20(25)22-14(2)15-4-3-5-17(11-15)24-8-9-27-21(24)26/h3-7,10-12,14,23H,8-9H2,1-2H3,(H,22,25). The Morgan fingerprint density at radius 1 is 1.22 bits per heavy atom. The van der Waals surface area contributed by atoms with E-state index in [1.807, 2.05) is 62.4 Å². The lowest BCUT2D eigenvalue weighted by Gasteiger charge is -2.18. The van der Waals surface area contributed by atoms with E-state index in [1.165, 1.54) is 0 Å². The van der Waals surface area contributed by atoms with Crippen LogP contribution in [0.1, 0.15) is 34.6 Å². The molecule has 0 bridgehead atoms. The van der Waals surface area contributed by atoms with E-state index in [9.17, 15) is 9.59 Å². The van der Waals surface area contributed by atoms with Gasteiger partial charge in [-0.25, -0.2) is 4.79 Å². The molecule has 1 atom stereocenters. The van der Waals surface area contributed by atoms with Crippen LogP contribution in [0.5, 0.6) is 0 Å². The molecule has 0 radical (unpaired) electrons. The highest BCUT2D eigenvalue weighted by molar-refractivity contribution is 5.98. The summed E-state index contributed by atoms with van der Waals surface area (Å²) in [6, 6.07) is 15.3. The highest BCUT2D eigenvalue weighted by atomic mass is 16.6. The van der Waals surface area contributed by atoms with Crippen LogP contribution in [0.15, 0.2) is 48.5 Å². The molecule has 138 valence electrons. The first-order chi connectivity index (χ1) is 13.0. The molecule has 0 spiro atoms. The Labute approximate surface area is 157 Å². The Bertz CT molecular complexity index is 1020. The fraction of sp³-hybridized carbons (Fsp3) is 0.238. The third-order valence-corrected chi connectivity index (χ3v) is 4.81. The molecular weight excluding hydrogens is 342 g/mol. The van der Waals surface area contributed by atoms with E-state index in [4.69, 9.17) is 4.74 Å². The Hall–Kier alpha value is -3.28. The third kappa shape index (κ3) is 3.38. The summed E-state index contributed by atoms with van der Waals surface area (Å²) in [4.78, 5) is 29.2. The van der Waals surface area contributed by atoms with Gasteiger partial charge in [0.25, 0.3) is 5.91 Å². The molecule has 1 saturated heterocycles. The summed E-state index contributed by atoms with van der Waals surface area (Å²) in [7, 11) is 0. The number of fused-ring (bicyclic) bond motifs is 1. The molecule has 4 rings (SSSR count). The number of hydrogen-bond acceptors (Lipinski definition) is 3. The van der Waals surface area contributed by atoms with Gasteiger partial charge in [0, 0.05) is 16.6 Å². The van der Waals surface area contributed by atoms with Crippen molar-refractivity contribution in [1.29, 1.82) is 0 Å². The molecule has 1 unspecified atom stereocenters. The van der Waals surface area contributed by atoms with Crippen LogP contribution in [0, 0.1) is 6.92 Å². The van der Waals surface area contributed by atoms with Crippen LogP contribution >= 0.6 is 0 Å². The lowest BCUT2D eigenvalue weighted by molar-refractivity contribution is 0.0935. The fourth-order valence-electron chi connectivity index (χ4n) is 3.32. The monoisotopic (exact) mass is 363 g/mol. The van der Waals surface area contributed by atoms with Gasteiger partial charge >= 0.3 is 6.09 Å². The lowest BCUT2D eigenvalue weighted by atomic mass is 10.1. The smallest absolute Gasteiger partial charge is 0.414 e.